The van der Waals surface area contributed by atoms with Gasteiger partial charge in [0.1, 0.15) is 0 Å². The van der Waals surface area contributed by atoms with E-state index in [1.54, 1.807) is 0 Å². The Hall–Kier alpha value is 0.280. The fraction of sp³-hybridized carbons (Fsp3) is 0.400. The van der Waals surface area contributed by atoms with E-state index in [0.29, 0.717) is 0 Å². The van der Waals surface area contributed by atoms with Gasteiger partial charge in [0.2, 0.25) is 0 Å². The van der Waals surface area contributed by atoms with Crippen molar-refractivity contribution in [3.8, 4) is 0 Å². The number of carbonyl (C=O) groups is 1. The van der Waals surface area contributed by atoms with Crippen molar-refractivity contribution in [3.63, 3.8) is 0 Å². The molecule has 0 atom stereocenters. The SMILES string of the molecule is CC(Cl)(Cl)C(=O)C=CCl. The molecule has 4 heteroatoms. The lowest BCUT2D eigenvalue weighted by Gasteiger charge is -2.05. The molecule has 0 saturated heterocycles. The third kappa shape index (κ3) is 3.79. The predicted molar refractivity (Wildman–Crippen MR) is 40.1 cm³/mol. The second-order valence-electron chi connectivity index (χ2n) is 1.55. The number of ketones is 1. The molecule has 0 heterocycles. The van der Waals surface area contributed by atoms with Gasteiger partial charge in [-0.3, -0.25) is 4.79 Å². The van der Waals surface area contributed by atoms with Crippen LogP contribution in [0.15, 0.2) is 11.6 Å². The zero-order chi connectivity index (χ0) is 7.49. The Labute approximate surface area is 68.6 Å². The minimum atomic E-state index is -1.36. The quantitative estimate of drug-likeness (QED) is 0.479. The summed E-state index contributed by atoms with van der Waals surface area (Å²) >= 11 is 15.8. The highest BCUT2D eigenvalue weighted by atomic mass is 35.5. The van der Waals surface area contributed by atoms with Crippen LogP contribution in [0.1, 0.15) is 6.92 Å². The van der Waals surface area contributed by atoms with Gasteiger partial charge in [-0.25, -0.2) is 0 Å². The summed E-state index contributed by atoms with van der Waals surface area (Å²) in [6.45, 7) is 1.38. The lowest BCUT2D eigenvalue weighted by Crippen LogP contribution is -2.18. The van der Waals surface area contributed by atoms with Gasteiger partial charge in [0.25, 0.3) is 0 Å². The van der Waals surface area contributed by atoms with Crippen LogP contribution in [0, 0.1) is 0 Å². The van der Waals surface area contributed by atoms with Crippen molar-refractivity contribution in [2.45, 2.75) is 11.3 Å². The zero-order valence-electron chi connectivity index (χ0n) is 4.70. The maximum Gasteiger partial charge on any atom is 0.192 e. The molecule has 0 aliphatic heterocycles. The Morgan fingerprint density at radius 1 is 1.56 bits per heavy atom. The monoisotopic (exact) mass is 186 g/mol. The first-order chi connectivity index (χ1) is 3.98. The molecule has 0 amide bonds. The second kappa shape index (κ2) is 3.45. The van der Waals surface area contributed by atoms with E-state index in [2.05, 4.69) is 0 Å². The molecule has 0 bridgehead atoms. The number of carbonyl (C=O) groups excluding carboxylic acids is 1. The number of hydrogen-bond donors (Lipinski definition) is 0. The van der Waals surface area contributed by atoms with Crippen LogP contribution < -0.4 is 0 Å². The molecule has 0 aromatic carbocycles. The summed E-state index contributed by atoms with van der Waals surface area (Å²) < 4.78 is -1.36. The fourth-order valence-corrected chi connectivity index (χ4v) is 0.444. The molecule has 0 aliphatic carbocycles. The topological polar surface area (TPSA) is 17.1 Å². The van der Waals surface area contributed by atoms with E-state index in [4.69, 9.17) is 34.8 Å². The predicted octanol–water partition coefficient (Wildman–Crippen LogP) is 2.50. The molecule has 9 heavy (non-hydrogen) atoms. The van der Waals surface area contributed by atoms with Crippen molar-refractivity contribution in [1.29, 1.82) is 0 Å². The van der Waals surface area contributed by atoms with Crippen LogP contribution in [-0.2, 0) is 4.79 Å². The minimum absolute atomic E-state index is 0.416. The maximum absolute atomic E-state index is 10.6. The van der Waals surface area contributed by atoms with Crippen LogP contribution in [-0.4, -0.2) is 10.1 Å². The van der Waals surface area contributed by atoms with Crippen molar-refractivity contribution < 1.29 is 4.79 Å². The first-order valence-corrected chi connectivity index (χ1v) is 3.36. The van der Waals surface area contributed by atoms with E-state index >= 15 is 0 Å². The molecule has 0 rings (SSSR count). The van der Waals surface area contributed by atoms with Crippen LogP contribution in [0.3, 0.4) is 0 Å². The first kappa shape index (κ1) is 9.28. The zero-order valence-corrected chi connectivity index (χ0v) is 6.96. The molecule has 0 radical (unpaired) electrons. The highest BCUT2D eigenvalue weighted by Gasteiger charge is 2.23. The molecule has 0 aromatic heterocycles. The van der Waals surface area contributed by atoms with E-state index in [0.717, 1.165) is 11.6 Å². The van der Waals surface area contributed by atoms with Crippen LogP contribution in [0.2, 0.25) is 0 Å². The van der Waals surface area contributed by atoms with Gasteiger partial charge in [0, 0.05) is 5.54 Å². The van der Waals surface area contributed by atoms with Crippen molar-refractivity contribution in [2.75, 3.05) is 0 Å². The maximum atomic E-state index is 10.6. The lowest BCUT2D eigenvalue weighted by atomic mass is 10.3. The van der Waals surface area contributed by atoms with E-state index in [9.17, 15) is 4.79 Å². The van der Waals surface area contributed by atoms with Gasteiger partial charge in [0.15, 0.2) is 10.1 Å². The van der Waals surface area contributed by atoms with E-state index < -0.39 is 10.1 Å². The average molecular weight is 187 g/mol. The Kier molecular flexibility index (Phi) is 3.56. The van der Waals surface area contributed by atoms with Crippen LogP contribution in [0.5, 0.6) is 0 Å². The number of allylic oxidation sites excluding steroid dienone is 1. The molecule has 0 spiro atoms. The van der Waals surface area contributed by atoms with Gasteiger partial charge in [-0.15, -0.1) is 0 Å². The van der Waals surface area contributed by atoms with Gasteiger partial charge in [-0.2, -0.15) is 0 Å². The number of halogens is 3. The molecule has 1 nitrogen and oxygen atoms in total. The van der Waals surface area contributed by atoms with Gasteiger partial charge in [-0.05, 0) is 13.0 Å². The molecular weight excluding hydrogens is 182 g/mol. The summed E-state index contributed by atoms with van der Waals surface area (Å²) in [7, 11) is 0. The Balaban J connectivity index is 4.06. The molecule has 0 fully saturated rings. The summed E-state index contributed by atoms with van der Waals surface area (Å²) in [6, 6.07) is 0. The smallest absolute Gasteiger partial charge is 0.192 e. The highest BCUT2D eigenvalue weighted by molar-refractivity contribution is 6.59. The molecule has 0 unspecified atom stereocenters. The van der Waals surface area contributed by atoms with Gasteiger partial charge < -0.3 is 0 Å². The Morgan fingerprint density at radius 2 is 2.00 bits per heavy atom. The van der Waals surface area contributed by atoms with E-state index in [-0.39, 0.29) is 0 Å². The summed E-state index contributed by atoms with van der Waals surface area (Å²) in [5, 5.41) is 0. The van der Waals surface area contributed by atoms with Gasteiger partial charge >= 0.3 is 0 Å². The fourth-order valence-electron chi connectivity index (χ4n) is 0.204. The molecule has 0 saturated carbocycles. The summed E-state index contributed by atoms with van der Waals surface area (Å²) in [5.74, 6) is -0.416. The molecule has 0 aromatic rings. The summed E-state index contributed by atoms with van der Waals surface area (Å²) in [5.41, 5.74) is 1.07. The van der Waals surface area contributed by atoms with Gasteiger partial charge in [0.05, 0.1) is 0 Å². The van der Waals surface area contributed by atoms with Crippen molar-refractivity contribution >= 4 is 40.6 Å². The molecular formula is C5H5Cl3O. The minimum Gasteiger partial charge on any atom is -0.291 e. The largest absolute Gasteiger partial charge is 0.291 e. The summed E-state index contributed by atoms with van der Waals surface area (Å²) in [6.07, 6.45) is 1.11. The van der Waals surface area contributed by atoms with Gasteiger partial charge in [-0.1, -0.05) is 34.8 Å². The highest BCUT2D eigenvalue weighted by Crippen LogP contribution is 2.20. The summed E-state index contributed by atoms with van der Waals surface area (Å²) in [4.78, 5) is 10.6. The third-order valence-electron chi connectivity index (χ3n) is 0.647. The standard InChI is InChI=1S/C5H5Cl3O/c1-5(7,8)4(9)2-3-6/h2-3H,1H3. The normalized spacial score (nSPS) is 12.4. The molecule has 52 valence electrons. The van der Waals surface area contributed by atoms with Crippen LogP contribution in [0.25, 0.3) is 0 Å². The molecule has 0 N–H and O–H groups in total. The second-order valence-corrected chi connectivity index (χ2v) is 3.50. The van der Waals surface area contributed by atoms with E-state index in [1.165, 1.54) is 6.92 Å². The Bertz CT molecular complexity index is 134. The third-order valence-corrected chi connectivity index (χ3v) is 1.15. The van der Waals surface area contributed by atoms with Crippen LogP contribution >= 0.6 is 34.8 Å². The average Bonchev–Trinajstić information content (AvgIpc) is 1.64. The number of alkyl halides is 2. The van der Waals surface area contributed by atoms with E-state index in [1.807, 2.05) is 0 Å². The number of rotatable bonds is 2. The Morgan fingerprint density at radius 3 is 2.11 bits per heavy atom. The number of hydrogen-bond acceptors (Lipinski definition) is 1. The first-order valence-electron chi connectivity index (χ1n) is 2.17. The molecule has 0 aliphatic rings. The van der Waals surface area contributed by atoms with Crippen molar-refractivity contribution in [3.05, 3.63) is 11.6 Å². The van der Waals surface area contributed by atoms with Crippen molar-refractivity contribution in [2.24, 2.45) is 0 Å². The van der Waals surface area contributed by atoms with Crippen molar-refractivity contribution in [1.82, 2.24) is 0 Å². The lowest BCUT2D eigenvalue weighted by molar-refractivity contribution is -0.114. The van der Waals surface area contributed by atoms with Crippen LogP contribution in [0.4, 0.5) is 0 Å².